The van der Waals surface area contributed by atoms with Gasteiger partial charge in [0.15, 0.2) is 0 Å². The summed E-state index contributed by atoms with van der Waals surface area (Å²) in [6, 6.07) is 16.9. The first kappa shape index (κ1) is 25.0. The highest BCUT2D eigenvalue weighted by Gasteiger charge is 2.23. The molecule has 2 aromatic carbocycles. The van der Waals surface area contributed by atoms with E-state index in [1.807, 2.05) is 65.0 Å². The summed E-state index contributed by atoms with van der Waals surface area (Å²) in [5.41, 5.74) is 1.71. The largest absolute Gasteiger partial charge is 0.333 e. The minimum Gasteiger partial charge on any atom is -0.333 e. The molecule has 0 unspecified atom stereocenters. The summed E-state index contributed by atoms with van der Waals surface area (Å²) < 4.78 is 15.0. The zero-order valence-corrected chi connectivity index (χ0v) is 20.3. The normalized spacial score (nSPS) is 11.4. The van der Waals surface area contributed by atoms with Crippen molar-refractivity contribution in [3.63, 3.8) is 0 Å². The van der Waals surface area contributed by atoms with E-state index in [4.69, 9.17) is 0 Å². The molecule has 0 radical (unpaired) electrons. The summed E-state index contributed by atoms with van der Waals surface area (Å²) in [7, 11) is 0. The summed E-state index contributed by atoms with van der Waals surface area (Å²) in [4.78, 5) is 27.3. The van der Waals surface area contributed by atoms with Crippen LogP contribution >= 0.6 is 0 Å². The highest BCUT2D eigenvalue weighted by Crippen LogP contribution is 2.25. The molecule has 0 fully saturated rings. The minimum atomic E-state index is -0.422. The molecule has 0 aliphatic rings. The lowest BCUT2D eigenvalue weighted by Crippen LogP contribution is -2.51. The van der Waals surface area contributed by atoms with Crippen LogP contribution in [0.2, 0.25) is 0 Å². The van der Waals surface area contributed by atoms with E-state index in [2.05, 4.69) is 15.7 Å². The Hall–Kier alpha value is -3.68. The number of carbonyl (C=O) groups excluding carboxylic acids is 2. The summed E-state index contributed by atoms with van der Waals surface area (Å²) in [6.45, 7) is 9.98. The van der Waals surface area contributed by atoms with E-state index in [9.17, 15) is 14.0 Å². The van der Waals surface area contributed by atoms with Crippen molar-refractivity contribution >= 4 is 17.8 Å². The molecule has 0 aliphatic heterocycles. The van der Waals surface area contributed by atoms with Gasteiger partial charge in [0.25, 0.3) is 0 Å². The first-order chi connectivity index (χ1) is 16.0. The molecule has 0 bridgehead atoms. The summed E-state index contributed by atoms with van der Waals surface area (Å²) in [5, 5.41) is 10.4. The maximum atomic E-state index is 13.5. The van der Waals surface area contributed by atoms with E-state index in [0.717, 1.165) is 5.56 Å². The van der Waals surface area contributed by atoms with Crippen molar-refractivity contribution < 1.29 is 14.0 Å². The zero-order chi connectivity index (χ0) is 24.9. The number of nitrogens with one attached hydrogen (secondary N) is 2. The zero-order valence-electron chi connectivity index (χ0n) is 20.3. The molecule has 0 saturated carbocycles. The number of nitrogens with zero attached hydrogens (tertiary/aromatic N) is 3. The van der Waals surface area contributed by atoms with Gasteiger partial charge in [-0.1, -0.05) is 44.2 Å². The van der Waals surface area contributed by atoms with Gasteiger partial charge in [0, 0.05) is 23.7 Å². The highest BCUT2D eigenvalue weighted by molar-refractivity contribution is 5.94. The van der Waals surface area contributed by atoms with Gasteiger partial charge in [0.1, 0.15) is 18.2 Å². The SMILES string of the molecule is CC(C)CN(CC(=O)Nc1cc(-c2ccccc2)nn1-c1ccc(F)cc1)C(=O)NC(C)(C)C. The lowest BCUT2D eigenvalue weighted by molar-refractivity contribution is -0.116. The molecule has 3 aromatic rings. The topological polar surface area (TPSA) is 79.3 Å². The average Bonchev–Trinajstić information content (AvgIpc) is 3.16. The Labute approximate surface area is 200 Å². The molecular formula is C26H32FN5O2. The van der Waals surface area contributed by atoms with Crippen LogP contribution in [0.1, 0.15) is 34.6 Å². The van der Waals surface area contributed by atoms with Crippen molar-refractivity contribution in [2.24, 2.45) is 5.92 Å². The molecule has 0 aliphatic carbocycles. The smallest absolute Gasteiger partial charge is 0.318 e. The van der Waals surface area contributed by atoms with E-state index < -0.39 is 5.54 Å². The van der Waals surface area contributed by atoms with Gasteiger partial charge in [0.05, 0.1) is 11.4 Å². The average molecular weight is 466 g/mol. The van der Waals surface area contributed by atoms with E-state index >= 15 is 0 Å². The Morgan fingerprint density at radius 1 is 1.06 bits per heavy atom. The molecule has 180 valence electrons. The monoisotopic (exact) mass is 465 g/mol. The minimum absolute atomic E-state index is 0.116. The first-order valence-corrected chi connectivity index (χ1v) is 11.3. The van der Waals surface area contributed by atoms with Crippen molar-refractivity contribution in [3.8, 4) is 16.9 Å². The van der Waals surface area contributed by atoms with Crippen LogP contribution in [0.3, 0.4) is 0 Å². The van der Waals surface area contributed by atoms with Crippen molar-refractivity contribution in [1.82, 2.24) is 20.0 Å². The van der Waals surface area contributed by atoms with Crippen molar-refractivity contribution in [1.29, 1.82) is 0 Å². The van der Waals surface area contributed by atoms with Crippen LogP contribution in [0.4, 0.5) is 15.0 Å². The summed E-state index contributed by atoms with van der Waals surface area (Å²) >= 11 is 0. The number of hydrogen-bond donors (Lipinski definition) is 2. The second kappa shape index (κ2) is 10.5. The van der Waals surface area contributed by atoms with E-state index in [0.29, 0.717) is 23.7 Å². The van der Waals surface area contributed by atoms with Crippen LogP contribution in [0, 0.1) is 11.7 Å². The number of benzene rings is 2. The van der Waals surface area contributed by atoms with Crippen molar-refractivity contribution in [3.05, 3.63) is 66.5 Å². The molecule has 8 heteroatoms. The third kappa shape index (κ3) is 6.91. The number of aromatic nitrogens is 2. The fourth-order valence-corrected chi connectivity index (χ4v) is 3.41. The maximum Gasteiger partial charge on any atom is 0.318 e. The van der Waals surface area contributed by atoms with Crippen LogP contribution < -0.4 is 10.6 Å². The van der Waals surface area contributed by atoms with Crippen LogP contribution in [0.5, 0.6) is 0 Å². The highest BCUT2D eigenvalue weighted by atomic mass is 19.1. The van der Waals surface area contributed by atoms with Crippen molar-refractivity contribution in [2.45, 2.75) is 40.2 Å². The first-order valence-electron chi connectivity index (χ1n) is 11.3. The lowest BCUT2D eigenvalue weighted by Gasteiger charge is -2.29. The molecule has 0 spiro atoms. The molecule has 3 rings (SSSR count). The molecule has 3 amide bonds. The number of rotatable bonds is 7. The van der Waals surface area contributed by atoms with Gasteiger partial charge >= 0.3 is 6.03 Å². The third-order valence-electron chi connectivity index (χ3n) is 4.81. The molecule has 1 heterocycles. The second-order valence-corrected chi connectivity index (χ2v) is 9.67. The fourth-order valence-electron chi connectivity index (χ4n) is 3.41. The summed E-state index contributed by atoms with van der Waals surface area (Å²) in [5.74, 6) is -0.101. The Morgan fingerprint density at radius 2 is 1.71 bits per heavy atom. The molecule has 34 heavy (non-hydrogen) atoms. The predicted molar refractivity (Wildman–Crippen MR) is 132 cm³/mol. The molecule has 7 nitrogen and oxygen atoms in total. The molecule has 0 saturated heterocycles. The third-order valence-corrected chi connectivity index (χ3v) is 4.81. The van der Waals surface area contributed by atoms with Gasteiger partial charge in [-0.15, -0.1) is 0 Å². The second-order valence-electron chi connectivity index (χ2n) is 9.67. The Bertz CT molecular complexity index is 1120. The number of halogens is 1. The van der Waals surface area contributed by atoms with E-state index in [1.54, 1.807) is 22.9 Å². The number of anilines is 1. The van der Waals surface area contributed by atoms with E-state index in [-0.39, 0.29) is 30.2 Å². The lowest BCUT2D eigenvalue weighted by atomic mass is 10.1. The maximum absolute atomic E-state index is 13.5. The molecular weight excluding hydrogens is 433 g/mol. The molecule has 2 N–H and O–H groups in total. The quantitative estimate of drug-likeness (QED) is 0.511. The number of carbonyl (C=O) groups is 2. The Kier molecular flexibility index (Phi) is 7.71. The van der Waals surface area contributed by atoms with Gasteiger partial charge in [-0.25, -0.2) is 13.9 Å². The number of hydrogen-bond acceptors (Lipinski definition) is 3. The number of amides is 3. The summed E-state index contributed by atoms with van der Waals surface area (Å²) in [6.07, 6.45) is 0. The van der Waals surface area contributed by atoms with Gasteiger partial charge in [-0.2, -0.15) is 5.10 Å². The van der Waals surface area contributed by atoms with Crippen molar-refractivity contribution in [2.75, 3.05) is 18.4 Å². The van der Waals surface area contributed by atoms with Gasteiger partial charge in [0.2, 0.25) is 5.91 Å². The van der Waals surface area contributed by atoms with Crippen LogP contribution in [-0.2, 0) is 4.79 Å². The van der Waals surface area contributed by atoms with Crippen LogP contribution in [0.15, 0.2) is 60.7 Å². The van der Waals surface area contributed by atoms with Gasteiger partial charge < -0.3 is 15.5 Å². The standard InChI is InChI=1S/C26H32FN5O2/c1-18(2)16-31(25(34)29-26(3,4)5)17-24(33)28-23-15-22(19-9-7-6-8-10-19)30-32(23)21-13-11-20(27)12-14-21/h6-15,18H,16-17H2,1-5H3,(H,28,33)(H,29,34). The fraction of sp³-hybridized carbons (Fsp3) is 0.346. The Balaban J connectivity index is 1.87. The Morgan fingerprint density at radius 3 is 2.29 bits per heavy atom. The van der Waals surface area contributed by atoms with Crippen LogP contribution in [0.25, 0.3) is 16.9 Å². The molecule has 0 atom stereocenters. The van der Waals surface area contributed by atoms with Gasteiger partial charge in [-0.3, -0.25) is 4.79 Å². The molecule has 1 aromatic heterocycles. The van der Waals surface area contributed by atoms with Crippen LogP contribution in [-0.4, -0.2) is 45.2 Å². The number of urea groups is 1. The predicted octanol–water partition coefficient (Wildman–Crippen LogP) is 5.08. The van der Waals surface area contributed by atoms with E-state index in [1.165, 1.54) is 17.0 Å². The van der Waals surface area contributed by atoms with Gasteiger partial charge in [-0.05, 0) is 51.0 Å².